The Labute approximate surface area is 226 Å². The number of amides is 3. The van der Waals surface area contributed by atoms with Crippen LogP contribution in [0.25, 0.3) is 0 Å². The van der Waals surface area contributed by atoms with Crippen molar-refractivity contribution < 1.29 is 23.9 Å². The van der Waals surface area contributed by atoms with E-state index < -0.39 is 6.03 Å². The molecule has 2 N–H and O–H groups in total. The first-order valence-corrected chi connectivity index (χ1v) is 13.1. The largest absolute Gasteiger partial charge is 0.381 e. The van der Waals surface area contributed by atoms with Crippen LogP contribution < -0.4 is 15.5 Å². The normalized spacial score (nSPS) is 20.2. The number of carbonyl (C=O) groups excluding carboxylic acids is 3. The molecule has 2 aromatic heterocycles. The molecule has 39 heavy (non-hydrogen) atoms. The van der Waals surface area contributed by atoms with Gasteiger partial charge in [-0.2, -0.15) is 5.26 Å². The van der Waals surface area contributed by atoms with Crippen LogP contribution in [0.5, 0.6) is 0 Å². The van der Waals surface area contributed by atoms with Crippen molar-refractivity contribution in [1.29, 1.82) is 5.26 Å². The highest BCUT2D eigenvalue weighted by atomic mass is 16.5. The monoisotopic (exact) mass is 533 g/mol. The van der Waals surface area contributed by atoms with Crippen LogP contribution in [0.3, 0.4) is 0 Å². The number of nitrogens with one attached hydrogen (secondary N) is 2. The van der Waals surface area contributed by atoms with E-state index in [2.05, 4.69) is 26.7 Å². The SMILES string of the molecule is CN(Cc1cc2c(nc1C=O)N(C(=O)Nc1cc(N[C@@H]3CCOC3)c(C#N)cn1)CCC2)C(=O)[C@H]1CCOC1. The van der Waals surface area contributed by atoms with Gasteiger partial charge in [0.25, 0.3) is 0 Å². The molecule has 204 valence electrons. The molecular formula is C27H31N7O5. The molecule has 12 heteroatoms. The van der Waals surface area contributed by atoms with Gasteiger partial charge in [-0.25, -0.2) is 14.8 Å². The summed E-state index contributed by atoms with van der Waals surface area (Å²) in [5.74, 6) is 0.512. The molecule has 0 radical (unpaired) electrons. The number of anilines is 3. The maximum atomic E-state index is 13.3. The number of fused-ring (bicyclic) bond motifs is 1. The second-order valence-corrected chi connectivity index (χ2v) is 10.0. The van der Waals surface area contributed by atoms with Crippen LogP contribution in [-0.2, 0) is 27.2 Å². The second-order valence-electron chi connectivity index (χ2n) is 10.0. The van der Waals surface area contributed by atoms with Crippen molar-refractivity contribution in [2.75, 3.05) is 55.6 Å². The minimum Gasteiger partial charge on any atom is -0.381 e. The zero-order valence-electron chi connectivity index (χ0n) is 21.8. The third-order valence-corrected chi connectivity index (χ3v) is 7.24. The van der Waals surface area contributed by atoms with E-state index in [9.17, 15) is 19.6 Å². The van der Waals surface area contributed by atoms with Crippen molar-refractivity contribution in [2.45, 2.75) is 38.3 Å². The van der Waals surface area contributed by atoms with E-state index in [1.807, 2.05) is 6.07 Å². The van der Waals surface area contributed by atoms with Gasteiger partial charge in [0.1, 0.15) is 23.4 Å². The smallest absolute Gasteiger partial charge is 0.328 e. The summed E-state index contributed by atoms with van der Waals surface area (Å²) >= 11 is 0. The zero-order chi connectivity index (χ0) is 27.4. The van der Waals surface area contributed by atoms with Gasteiger partial charge in [0.05, 0.1) is 36.4 Å². The molecule has 2 saturated heterocycles. The number of urea groups is 1. The number of hydrogen-bond donors (Lipinski definition) is 2. The number of hydrogen-bond acceptors (Lipinski definition) is 9. The van der Waals surface area contributed by atoms with Crippen LogP contribution in [0.15, 0.2) is 18.3 Å². The van der Waals surface area contributed by atoms with Crippen molar-refractivity contribution in [3.63, 3.8) is 0 Å². The molecule has 5 rings (SSSR count). The van der Waals surface area contributed by atoms with Gasteiger partial charge in [-0.05, 0) is 37.3 Å². The van der Waals surface area contributed by atoms with Gasteiger partial charge in [-0.1, -0.05) is 0 Å². The van der Waals surface area contributed by atoms with Gasteiger partial charge >= 0.3 is 6.03 Å². The van der Waals surface area contributed by atoms with E-state index in [1.165, 1.54) is 11.1 Å². The molecular weight excluding hydrogens is 502 g/mol. The maximum absolute atomic E-state index is 13.3. The molecule has 0 aromatic carbocycles. The average molecular weight is 534 g/mol. The molecule has 2 fully saturated rings. The fourth-order valence-electron chi connectivity index (χ4n) is 5.14. The molecule has 0 aliphatic carbocycles. The summed E-state index contributed by atoms with van der Waals surface area (Å²) in [5.41, 5.74) is 2.61. The molecule has 0 saturated carbocycles. The number of aromatic nitrogens is 2. The molecule has 5 heterocycles. The summed E-state index contributed by atoms with van der Waals surface area (Å²) in [6.07, 6.45) is 5.00. The topological polar surface area (TPSA) is 150 Å². The third kappa shape index (κ3) is 5.84. The molecule has 0 unspecified atom stereocenters. The van der Waals surface area contributed by atoms with Crippen molar-refractivity contribution in [2.24, 2.45) is 5.92 Å². The Morgan fingerprint density at radius 3 is 2.79 bits per heavy atom. The Morgan fingerprint density at radius 1 is 1.26 bits per heavy atom. The van der Waals surface area contributed by atoms with Crippen molar-refractivity contribution in [3.8, 4) is 6.07 Å². The van der Waals surface area contributed by atoms with E-state index in [0.717, 1.165) is 12.0 Å². The van der Waals surface area contributed by atoms with E-state index in [0.29, 0.717) is 81.2 Å². The highest BCUT2D eigenvalue weighted by Crippen LogP contribution is 2.29. The van der Waals surface area contributed by atoms with E-state index in [-0.39, 0.29) is 35.9 Å². The Kier molecular flexibility index (Phi) is 7.99. The minimum absolute atomic E-state index is 0.0210. The third-order valence-electron chi connectivity index (χ3n) is 7.24. The number of aldehydes is 1. The molecule has 2 atom stereocenters. The Hall–Kier alpha value is -4.08. The fraction of sp³-hybridized carbons (Fsp3) is 0.481. The van der Waals surface area contributed by atoms with E-state index in [4.69, 9.17) is 9.47 Å². The van der Waals surface area contributed by atoms with E-state index >= 15 is 0 Å². The van der Waals surface area contributed by atoms with Gasteiger partial charge in [0.2, 0.25) is 5.91 Å². The predicted molar refractivity (Wildman–Crippen MR) is 142 cm³/mol. The van der Waals surface area contributed by atoms with Gasteiger partial charge < -0.3 is 19.7 Å². The lowest BCUT2D eigenvalue weighted by Crippen LogP contribution is -2.40. The van der Waals surface area contributed by atoms with Crippen molar-refractivity contribution in [3.05, 3.63) is 40.7 Å². The molecule has 0 bridgehead atoms. The second kappa shape index (κ2) is 11.8. The standard InChI is InChI=1S/C27H31N7O5/c1-33(26(36)18-4-7-38-15-18)13-19-9-17-3-2-6-34(25(17)31-23(19)14-35)27(37)32-24-10-22(20(11-28)12-29-24)30-21-5-8-39-16-21/h9-10,12,14,18,21H,2-8,13,15-16H2,1H3,(H2,29,30,32,37)/t18-,21+/m0/s1. The molecule has 2 aromatic rings. The quantitative estimate of drug-likeness (QED) is 0.511. The van der Waals surface area contributed by atoms with Gasteiger partial charge in [0, 0.05) is 51.2 Å². The number of pyridine rings is 2. The van der Waals surface area contributed by atoms with Crippen molar-refractivity contribution in [1.82, 2.24) is 14.9 Å². The number of aryl methyl sites for hydroxylation is 1. The van der Waals surface area contributed by atoms with Crippen LogP contribution in [0.2, 0.25) is 0 Å². The first-order valence-electron chi connectivity index (χ1n) is 13.1. The van der Waals surface area contributed by atoms with Crippen LogP contribution >= 0.6 is 0 Å². The summed E-state index contributed by atoms with van der Waals surface area (Å²) < 4.78 is 10.7. The summed E-state index contributed by atoms with van der Waals surface area (Å²) in [6, 6.07) is 5.26. The summed E-state index contributed by atoms with van der Waals surface area (Å²) in [6.45, 7) is 2.86. The lowest BCUT2D eigenvalue weighted by Gasteiger charge is -2.30. The fourth-order valence-corrected chi connectivity index (χ4v) is 5.14. The van der Waals surface area contributed by atoms with Crippen LogP contribution in [-0.4, -0.2) is 79.2 Å². The number of nitriles is 1. The zero-order valence-corrected chi connectivity index (χ0v) is 21.8. The molecule has 0 spiro atoms. The highest BCUT2D eigenvalue weighted by molar-refractivity contribution is 6.02. The maximum Gasteiger partial charge on any atom is 0.328 e. The molecule has 3 aliphatic heterocycles. The Bertz CT molecular complexity index is 1300. The predicted octanol–water partition coefficient (Wildman–Crippen LogP) is 2.34. The number of carbonyl (C=O) groups is 3. The number of ether oxygens (including phenoxy) is 2. The highest BCUT2D eigenvalue weighted by Gasteiger charge is 2.29. The lowest BCUT2D eigenvalue weighted by molar-refractivity contribution is -0.134. The molecule has 3 amide bonds. The molecule has 12 nitrogen and oxygen atoms in total. The van der Waals surface area contributed by atoms with Gasteiger partial charge in [0.15, 0.2) is 6.29 Å². The first kappa shape index (κ1) is 26.5. The van der Waals surface area contributed by atoms with E-state index in [1.54, 1.807) is 18.0 Å². The summed E-state index contributed by atoms with van der Waals surface area (Å²) in [7, 11) is 1.71. The summed E-state index contributed by atoms with van der Waals surface area (Å²) in [5, 5.41) is 15.6. The molecule has 3 aliphatic rings. The Morgan fingerprint density at radius 2 is 2.08 bits per heavy atom. The number of rotatable bonds is 7. The first-order chi connectivity index (χ1) is 19.0. The lowest BCUT2D eigenvalue weighted by atomic mass is 10.0. The van der Waals surface area contributed by atoms with Crippen LogP contribution in [0.1, 0.15) is 46.4 Å². The van der Waals surface area contributed by atoms with Crippen LogP contribution in [0.4, 0.5) is 22.1 Å². The summed E-state index contributed by atoms with van der Waals surface area (Å²) in [4.78, 5) is 49.9. The van der Waals surface area contributed by atoms with Gasteiger partial charge in [-0.3, -0.25) is 19.8 Å². The average Bonchev–Trinajstić information content (AvgIpc) is 3.67. The Balaban J connectivity index is 1.33. The van der Waals surface area contributed by atoms with Gasteiger partial charge in [-0.15, -0.1) is 0 Å². The van der Waals surface area contributed by atoms with Crippen molar-refractivity contribution >= 4 is 35.5 Å². The minimum atomic E-state index is -0.436. The number of nitrogens with zero attached hydrogens (tertiary/aromatic N) is 5. The van der Waals surface area contributed by atoms with Crippen LogP contribution in [0, 0.1) is 17.2 Å².